The lowest BCUT2D eigenvalue weighted by Gasteiger charge is -2.13. The predicted octanol–water partition coefficient (Wildman–Crippen LogP) is 4.29. The molecule has 0 aliphatic carbocycles. The fraction of sp³-hybridized carbons (Fsp3) is 0.278. The topological polar surface area (TPSA) is 29.1 Å². The minimum Gasteiger partial charge on any atom is -0.325 e. The summed E-state index contributed by atoms with van der Waals surface area (Å²) in [6, 6.07) is 17.9. The Hall–Kier alpha value is -1.74. The van der Waals surface area contributed by atoms with E-state index in [9.17, 15) is 4.79 Å². The summed E-state index contributed by atoms with van der Waals surface area (Å²) in [7, 11) is 0. The second-order valence-corrected chi connectivity index (χ2v) is 6.10. The molecule has 0 saturated carbocycles. The lowest BCUT2D eigenvalue weighted by Crippen LogP contribution is -2.25. The molecule has 3 heteroatoms. The molecule has 0 spiro atoms. The Kier molecular flexibility index (Phi) is 5.45. The van der Waals surface area contributed by atoms with Crippen molar-refractivity contribution >= 4 is 24.2 Å². The van der Waals surface area contributed by atoms with E-state index in [1.165, 1.54) is 5.56 Å². The maximum Gasteiger partial charge on any atom is 0.237 e. The average Bonchev–Trinajstić information content (AvgIpc) is 2.48. The third-order valence-electron chi connectivity index (χ3n) is 3.40. The van der Waals surface area contributed by atoms with Crippen LogP contribution in [-0.2, 0) is 11.2 Å². The van der Waals surface area contributed by atoms with Crippen LogP contribution < -0.4 is 5.32 Å². The van der Waals surface area contributed by atoms with Crippen molar-refractivity contribution in [1.29, 1.82) is 0 Å². The van der Waals surface area contributed by atoms with E-state index in [1.807, 2.05) is 48.5 Å². The summed E-state index contributed by atoms with van der Waals surface area (Å²) in [6.45, 7) is 4.27. The summed E-state index contributed by atoms with van der Waals surface area (Å²) < 4.78 is 0. The van der Waals surface area contributed by atoms with Crippen LogP contribution >= 0.6 is 12.6 Å². The molecule has 1 unspecified atom stereocenters. The minimum absolute atomic E-state index is 0.0666. The SMILES string of the molecule is CC(C)c1cccc(NC(=O)C(S)Cc2ccccc2)c1. The van der Waals surface area contributed by atoms with Gasteiger partial charge >= 0.3 is 0 Å². The number of amides is 1. The molecular weight excluding hydrogens is 278 g/mol. The first-order valence-corrected chi connectivity index (χ1v) is 7.70. The summed E-state index contributed by atoms with van der Waals surface area (Å²) in [5.74, 6) is 0.376. The summed E-state index contributed by atoms with van der Waals surface area (Å²) >= 11 is 4.42. The summed E-state index contributed by atoms with van der Waals surface area (Å²) in [6.07, 6.45) is 0.625. The Morgan fingerprint density at radius 3 is 2.48 bits per heavy atom. The standard InChI is InChI=1S/C18H21NOS/c1-13(2)15-9-6-10-16(12-15)19-18(20)17(21)11-14-7-4-3-5-8-14/h3-10,12-13,17,21H,11H2,1-2H3,(H,19,20). The highest BCUT2D eigenvalue weighted by molar-refractivity contribution is 7.81. The molecule has 21 heavy (non-hydrogen) atoms. The van der Waals surface area contributed by atoms with E-state index in [-0.39, 0.29) is 11.2 Å². The predicted molar refractivity (Wildman–Crippen MR) is 92.1 cm³/mol. The number of thiol groups is 1. The van der Waals surface area contributed by atoms with Gasteiger partial charge in [0, 0.05) is 5.69 Å². The molecule has 0 aliphatic heterocycles. The number of carbonyl (C=O) groups is 1. The van der Waals surface area contributed by atoms with Crippen molar-refractivity contribution < 1.29 is 4.79 Å². The molecule has 0 bridgehead atoms. The molecule has 0 aliphatic rings. The monoisotopic (exact) mass is 299 g/mol. The molecule has 0 aromatic heterocycles. The van der Waals surface area contributed by atoms with Gasteiger partial charge in [-0.25, -0.2) is 0 Å². The molecular formula is C18H21NOS. The largest absolute Gasteiger partial charge is 0.325 e. The molecule has 2 aromatic rings. The van der Waals surface area contributed by atoms with Gasteiger partial charge in [-0.15, -0.1) is 0 Å². The van der Waals surface area contributed by atoms with E-state index in [1.54, 1.807) is 0 Å². The third-order valence-corrected chi connectivity index (χ3v) is 3.81. The van der Waals surface area contributed by atoms with E-state index in [2.05, 4.69) is 37.9 Å². The Labute approximate surface area is 132 Å². The van der Waals surface area contributed by atoms with E-state index in [0.717, 1.165) is 11.3 Å². The number of benzene rings is 2. The van der Waals surface area contributed by atoms with Crippen LogP contribution in [0.15, 0.2) is 54.6 Å². The lowest BCUT2D eigenvalue weighted by atomic mass is 10.0. The van der Waals surface area contributed by atoms with E-state index < -0.39 is 0 Å². The van der Waals surface area contributed by atoms with E-state index >= 15 is 0 Å². The number of carbonyl (C=O) groups excluding carboxylic acids is 1. The van der Waals surface area contributed by atoms with Gasteiger partial charge in [0.2, 0.25) is 5.91 Å². The Bertz CT molecular complexity index is 595. The third kappa shape index (κ3) is 4.64. The zero-order chi connectivity index (χ0) is 15.2. The highest BCUT2D eigenvalue weighted by Crippen LogP contribution is 2.19. The number of hydrogen-bond acceptors (Lipinski definition) is 2. The lowest BCUT2D eigenvalue weighted by molar-refractivity contribution is -0.115. The molecule has 0 saturated heterocycles. The van der Waals surface area contributed by atoms with Crippen LogP contribution in [-0.4, -0.2) is 11.2 Å². The van der Waals surface area contributed by atoms with Crippen molar-refractivity contribution in [3.8, 4) is 0 Å². The molecule has 110 valence electrons. The van der Waals surface area contributed by atoms with Crippen LogP contribution in [0.5, 0.6) is 0 Å². The van der Waals surface area contributed by atoms with Gasteiger partial charge in [0.25, 0.3) is 0 Å². The Balaban J connectivity index is 1.99. The van der Waals surface area contributed by atoms with Crippen LogP contribution in [0, 0.1) is 0 Å². The highest BCUT2D eigenvalue weighted by Gasteiger charge is 2.15. The second-order valence-electron chi connectivity index (χ2n) is 5.47. The summed E-state index contributed by atoms with van der Waals surface area (Å²) in [5.41, 5.74) is 3.16. The second kappa shape index (κ2) is 7.32. The van der Waals surface area contributed by atoms with Crippen LogP contribution in [0.2, 0.25) is 0 Å². The first kappa shape index (κ1) is 15.6. The smallest absolute Gasteiger partial charge is 0.237 e. The van der Waals surface area contributed by atoms with Crippen molar-refractivity contribution in [1.82, 2.24) is 0 Å². The van der Waals surface area contributed by atoms with Crippen LogP contribution in [0.3, 0.4) is 0 Å². The number of hydrogen-bond donors (Lipinski definition) is 2. The number of rotatable bonds is 5. The first-order valence-electron chi connectivity index (χ1n) is 7.19. The first-order chi connectivity index (χ1) is 10.1. The van der Waals surface area contributed by atoms with Crippen molar-refractivity contribution in [3.63, 3.8) is 0 Å². The van der Waals surface area contributed by atoms with Crippen molar-refractivity contribution in [3.05, 3.63) is 65.7 Å². The van der Waals surface area contributed by atoms with Gasteiger partial charge in [0.05, 0.1) is 5.25 Å². The Morgan fingerprint density at radius 2 is 1.81 bits per heavy atom. The van der Waals surface area contributed by atoms with Crippen molar-refractivity contribution in [2.24, 2.45) is 0 Å². The maximum atomic E-state index is 12.2. The molecule has 1 amide bonds. The molecule has 2 rings (SSSR count). The minimum atomic E-state index is -0.352. The molecule has 1 N–H and O–H groups in total. The van der Waals surface area contributed by atoms with Gasteiger partial charge < -0.3 is 5.32 Å². The quantitative estimate of drug-likeness (QED) is 0.792. The van der Waals surface area contributed by atoms with Crippen LogP contribution in [0.4, 0.5) is 5.69 Å². The van der Waals surface area contributed by atoms with E-state index in [4.69, 9.17) is 0 Å². The molecule has 0 heterocycles. The van der Waals surface area contributed by atoms with Gasteiger partial charge in [-0.1, -0.05) is 56.3 Å². The average molecular weight is 299 g/mol. The molecule has 2 nitrogen and oxygen atoms in total. The molecule has 0 fully saturated rings. The number of nitrogens with one attached hydrogen (secondary N) is 1. The van der Waals surface area contributed by atoms with Gasteiger partial charge in [-0.2, -0.15) is 12.6 Å². The van der Waals surface area contributed by atoms with Gasteiger partial charge in [-0.3, -0.25) is 4.79 Å². The normalized spacial score (nSPS) is 12.2. The van der Waals surface area contributed by atoms with Gasteiger partial charge in [-0.05, 0) is 35.6 Å². The van der Waals surface area contributed by atoms with Crippen LogP contribution in [0.1, 0.15) is 30.9 Å². The van der Waals surface area contributed by atoms with E-state index in [0.29, 0.717) is 12.3 Å². The van der Waals surface area contributed by atoms with Gasteiger partial charge in [0.15, 0.2) is 0 Å². The zero-order valence-electron chi connectivity index (χ0n) is 12.4. The Morgan fingerprint density at radius 1 is 1.10 bits per heavy atom. The molecule has 2 aromatic carbocycles. The number of anilines is 1. The van der Waals surface area contributed by atoms with Crippen molar-refractivity contribution in [2.75, 3.05) is 5.32 Å². The zero-order valence-corrected chi connectivity index (χ0v) is 13.3. The fourth-order valence-corrected chi connectivity index (χ4v) is 2.41. The molecule has 0 radical (unpaired) electrons. The maximum absolute atomic E-state index is 12.2. The van der Waals surface area contributed by atoms with Crippen molar-refractivity contribution in [2.45, 2.75) is 31.4 Å². The molecule has 1 atom stereocenters. The van der Waals surface area contributed by atoms with Crippen LogP contribution in [0.25, 0.3) is 0 Å². The van der Waals surface area contributed by atoms with Gasteiger partial charge in [0.1, 0.15) is 0 Å². The fourth-order valence-electron chi connectivity index (χ4n) is 2.13. The highest BCUT2D eigenvalue weighted by atomic mass is 32.1. The summed E-state index contributed by atoms with van der Waals surface area (Å²) in [5, 5.41) is 2.59. The summed E-state index contributed by atoms with van der Waals surface area (Å²) in [4.78, 5) is 12.2.